The number of thiol groups is 1. The summed E-state index contributed by atoms with van der Waals surface area (Å²) in [6.07, 6.45) is 5.18. The fourth-order valence-corrected chi connectivity index (χ4v) is 2.28. The zero-order chi connectivity index (χ0) is 7.61. The van der Waals surface area contributed by atoms with Crippen LogP contribution in [0.2, 0.25) is 0 Å². The summed E-state index contributed by atoms with van der Waals surface area (Å²) in [6.45, 7) is 3.55. The maximum atomic E-state index is 10.7. The van der Waals surface area contributed by atoms with E-state index in [9.17, 15) is 8.42 Å². The molecule has 0 saturated heterocycles. The van der Waals surface area contributed by atoms with Crippen LogP contribution >= 0.6 is 0 Å². The Morgan fingerprint density at radius 1 is 1.30 bits per heavy atom. The van der Waals surface area contributed by atoms with E-state index >= 15 is 0 Å². The van der Waals surface area contributed by atoms with Crippen LogP contribution in [0.15, 0.2) is 12.7 Å². The summed E-state index contributed by atoms with van der Waals surface area (Å²) < 4.78 is 20.9. The summed E-state index contributed by atoms with van der Waals surface area (Å²) in [6, 6.07) is 0. The van der Waals surface area contributed by atoms with E-state index in [1.807, 2.05) is 0 Å². The maximum absolute atomic E-state index is 10.7. The van der Waals surface area contributed by atoms with E-state index in [1.54, 1.807) is 6.08 Å². The first-order valence-electron chi connectivity index (χ1n) is 3.49. The lowest BCUT2D eigenvalue weighted by Crippen LogP contribution is -2.22. The highest BCUT2D eigenvalue weighted by molar-refractivity contribution is 7.74. The van der Waals surface area contributed by atoms with Gasteiger partial charge in [-0.2, -0.15) is 0 Å². The van der Waals surface area contributed by atoms with Gasteiger partial charge in [-0.15, -0.1) is 6.58 Å². The molecular formula is C7H12O2S. The Morgan fingerprint density at radius 2 is 1.80 bits per heavy atom. The average Bonchev–Trinajstić information content (AvgIpc) is 2.35. The van der Waals surface area contributed by atoms with Crippen molar-refractivity contribution in [2.45, 2.75) is 30.4 Å². The molecule has 58 valence electrons. The molecule has 0 amide bonds. The molecule has 0 bridgehead atoms. The van der Waals surface area contributed by atoms with Gasteiger partial charge in [-0.05, 0) is 12.8 Å². The van der Waals surface area contributed by atoms with Crippen molar-refractivity contribution in [3.63, 3.8) is 0 Å². The molecule has 0 aromatic carbocycles. The molecule has 0 heterocycles. The van der Waals surface area contributed by atoms with Crippen LogP contribution in [-0.4, -0.2) is 13.2 Å². The van der Waals surface area contributed by atoms with Crippen LogP contribution in [0.3, 0.4) is 0 Å². The van der Waals surface area contributed by atoms with Crippen molar-refractivity contribution in [2.75, 3.05) is 0 Å². The van der Waals surface area contributed by atoms with Crippen molar-refractivity contribution in [1.82, 2.24) is 0 Å². The van der Waals surface area contributed by atoms with Gasteiger partial charge >= 0.3 is 0 Å². The Hall–Kier alpha value is -0.310. The average molecular weight is 160 g/mol. The number of rotatable bonds is 2. The molecule has 0 aromatic rings. The quantitative estimate of drug-likeness (QED) is 0.485. The van der Waals surface area contributed by atoms with Crippen LogP contribution in [0.5, 0.6) is 0 Å². The van der Waals surface area contributed by atoms with E-state index < -0.39 is 15.5 Å². The normalized spacial score (nSPS) is 23.3. The minimum Gasteiger partial charge on any atom is -0.231 e. The van der Waals surface area contributed by atoms with E-state index in [-0.39, 0.29) is 0 Å². The molecule has 0 radical (unpaired) electrons. The molecule has 1 saturated carbocycles. The largest absolute Gasteiger partial charge is 0.231 e. The fraction of sp³-hybridized carbons (Fsp3) is 0.714. The molecule has 0 spiro atoms. The highest BCUT2D eigenvalue weighted by atomic mass is 32.2. The van der Waals surface area contributed by atoms with Crippen molar-refractivity contribution in [3.8, 4) is 0 Å². The highest BCUT2D eigenvalue weighted by Gasteiger charge is 2.33. The van der Waals surface area contributed by atoms with Crippen molar-refractivity contribution in [1.29, 1.82) is 0 Å². The molecule has 1 aliphatic rings. The van der Waals surface area contributed by atoms with Gasteiger partial charge in [-0.1, -0.05) is 18.9 Å². The Labute approximate surface area is 62.9 Å². The number of hydrogen-bond donors (Lipinski definition) is 1. The van der Waals surface area contributed by atoms with Crippen LogP contribution in [0.4, 0.5) is 0 Å². The van der Waals surface area contributed by atoms with E-state index in [4.69, 9.17) is 0 Å². The van der Waals surface area contributed by atoms with Crippen molar-refractivity contribution in [2.24, 2.45) is 0 Å². The van der Waals surface area contributed by atoms with E-state index in [1.165, 1.54) is 0 Å². The van der Waals surface area contributed by atoms with Crippen molar-refractivity contribution >= 4 is 10.7 Å². The first-order valence-corrected chi connectivity index (χ1v) is 4.67. The van der Waals surface area contributed by atoms with E-state index in [0.717, 1.165) is 25.7 Å². The smallest absolute Gasteiger partial charge is 0.149 e. The first kappa shape index (κ1) is 7.79. The van der Waals surface area contributed by atoms with Gasteiger partial charge in [0.25, 0.3) is 0 Å². The second kappa shape index (κ2) is 2.74. The van der Waals surface area contributed by atoms with E-state index in [0.29, 0.717) is 0 Å². The van der Waals surface area contributed by atoms with Crippen LogP contribution in [0, 0.1) is 0 Å². The molecule has 0 N–H and O–H groups in total. The van der Waals surface area contributed by atoms with Gasteiger partial charge in [0.15, 0.2) is 0 Å². The molecule has 0 aromatic heterocycles. The molecule has 0 atom stereocenters. The van der Waals surface area contributed by atoms with Crippen molar-refractivity contribution in [3.05, 3.63) is 12.7 Å². The SMILES string of the molecule is C=CC1([SH](=O)=O)CCCC1. The van der Waals surface area contributed by atoms with Crippen LogP contribution in [0.25, 0.3) is 0 Å². The highest BCUT2D eigenvalue weighted by Crippen LogP contribution is 2.33. The second-order valence-corrected chi connectivity index (χ2v) is 4.18. The summed E-state index contributed by atoms with van der Waals surface area (Å²) in [5, 5.41) is 0. The Kier molecular flexibility index (Phi) is 2.14. The predicted octanol–water partition coefficient (Wildman–Crippen LogP) is 1.10. The lowest BCUT2D eigenvalue weighted by atomic mass is 10.1. The minimum absolute atomic E-state index is 0.546. The van der Waals surface area contributed by atoms with Gasteiger partial charge in [-0.25, -0.2) is 8.42 Å². The fourth-order valence-electron chi connectivity index (χ4n) is 1.45. The maximum Gasteiger partial charge on any atom is 0.149 e. The topological polar surface area (TPSA) is 34.1 Å². The lowest BCUT2D eigenvalue weighted by Gasteiger charge is -2.14. The second-order valence-electron chi connectivity index (χ2n) is 2.77. The van der Waals surface area contributed by atoms with E-state index in [2.05, 4.69) is 6.58 Å². The third-order valence-electron chi connectivity index (χ3n) is 2.21. The Morgan fingerprint density at radius 3 is 2.00 bits per heavy atom. The van der Waals surface area contributed by atoms with Crippen molar-refractivity contribution < 1.29 is 8.42 Å². The summed E-state index contributed by atoms with van der Waals surface area (Å²) >= 11 is 0. The zero-order valence-electron chi connectivity index (χ0n) is 5.88. The first-order chi connectivity index (χ1) is 4.71. The third kappa shape index (κ3) is 1.10. The van der Waals surface area contributed by atoms with Gasteiger partial charge in [0.05, 0.1) is 4.75 Å². The van der Waals surface area contributed by atoms with Gasteiger partial charge < -0.3 is 0 Å². The molecule has 0 unspecified atom stereocenters. The summed E-state index contributed by atoms with van der Waals surface area (Å²) in [5.41, 5.74) is 0. The van der Waals surface area contributed by atoms with Gasteiger partial charge in [-0.3, -0.25) is 0 Å². The zero-order valence-corrected chi connectivity index (χ0v) is 6.77. The molecule has 2 nitrogen and oxygen atoms in total. The van der Waals surface area contributed by atoms with Gasteiger partial charge in [0, 0.05) is 0 Å². The monoisotopic (exact) mass is 160 g/mol. The molecule has 1 fully saturated rings. The Bertz CT molecular complexity index is 192. The molecule has 1 aliphatic carbocycles. The molecule has 10 heavy (non-hydrogen) atoms. The number of hydrogen-bond acceptors (Lipinski definition) is 2. The Balaban J connectivity index is 2.87. The summed E-state index contributed by atoms with van der Waals surface area (Å²) in [5.74, 6) is 0. The molecule has 0 aliphatic heterocycles. The summed E-state index contributed by atoms with van der Waals surface area (Å²) in [4.78, 5) is 0. The standard InChI is InChI=1S/C7H12O2S/c1-2-7(10(8)9)5-3-4-6-7/h2,10H,1,3-6H2. The van der Waals surface area contributed by atoms with Gasteiger partial charge in [0.2, 0.25) is 0 Å². The molecule has 1 rings (SSSR count). The van der Waals surface area contributed by atoms with Gasteiger partial charge in [0.1, 0.15) is 10.7 Å². The van der Waals surface area contributed by atoms with Crippen LogP contribution in [-0.2, 0) is 10.7 Å². The van der Waals surface area contributed by atoms with Crippen LogP contribution < -0.4 is 0 Å². The summed E-state index contributed by atoms with van der Waals surface area (Å²) in [7, 11) is -2.30. The molecule has 3 heteroatoms. The minimum atomic E-state index is -2.30. The predicted molar refractivity (Wildman–Crippen MR) is 41.7 cm³/mol. The van der Waals surface area contributed by atoms with Crippen LogP contribution in [0.1, 0.15) is 25.7 Å². The molecular weight excluding hydrogens is 148 g/mol. The third-order valence-corrected chi connectivity index (χ3v) is 3.57. The lowest BCUT2D eigenvalue weighted by molar-refractivity contribution is 0.575.